The Bertz CT molecular complexity index is 2500. The highest BCUT2D eigenvalue weighted by Gasteiger charge is 2.49. The number of hydrogen-bond acceptors (Lipinski definition) is 10. The molecule has 57 heavy (non-hydrogen) atoms. The monoisotopic (exact) mass is 872 g/mol. The Kier molecular flexibility index (Phi) is 11.5. The first-order chi connectivity index (χ1) is 27.9. The number of thiophene rings is 4. The number of allylic oxidation sites excluding steroid dienone is 1. The van der Waals surface area contributed by atoms with Crippen molar-refractivity contribution in [3.8, 4) is 30.6 Å². The molecule has 0 aliphatic heterocycles. The first kappa shape index (κ1) is 39.5. The molecule has 0 spiro atoms. The van der Waals surface area contributed by atoms with E-state index in [0.29, 0.717) is 40.6 Å². The quantitative estimate of drug-likeness (QED) is 0.0971. The van der Waals surface area contributed by atoms with Crippen molar-refractivity contribution < 1.29 is 8.78 Å². The summed E-state index contributed by atoms with van der Waals surface area (Å²) in [5.41, 5.74) is 7.28. The lowest BCUT2D eigenvalue weighted by Crippen LogP contribution is -2.31. The summed E-state index contributed by atoms with van der Waals surface area (Å²) in [5, 5.41) is 4.07. The van der Waals surface area contributed by atoms with Crippen molar-refractivity contribution in [3.05, 3.63) is 97.1 Å². The summed E-state index contributed by atoms with van der Waals surface area (Å²) in [6, 6.07) is 14.4. The molecule has 9 rings (SSSR count). The van der Waals surface area contributed by atoms with E-state index in [1.165, 1.54) is 71.1 Å². The van der Waals surface area contributed by atoms with Crippen molar-refractivity contribution in [2.45, 2.75) is 110 Å². The number of aromatic nitrogens is 4. The van der Waals surface area contributed by atoms with Gasteiger partial charge in [-0.15, -0.1) is 45.3 Å². The van der Waals surface area contributed by atoms with Crippen LogP contribution in [-0.4, -0.2) is 17.5 Å². The van der Waals surface area contributed by atoms with E-state index in [9.17, 15) is 0 Å². The van der Waals surface area contributed by atoms with Crippen molar-refractivity contribution in [1.29, 1.82) is 0 Å². The Labute approximate surface area is 358 Å². The normalized spacial score (nSPS) is 18.7. The second-order valence-corrected chi connectivity index (χ2v) is 20.9. The van der Waals surface area contributed by atoms with Crippen molar-refractivity contribution in [2.24, 2.45) is 11.8 Å². The third-order valence-electron chi connectivity index (χ3n) is 12.5. The molecular formula is C45H46F2N4S6. The van der Waals surface area contributed by atoms with Crippen LogP contribution in [0, 0.1) is 17.7 Å². The van der Waals surface area contributed by atoms with E-state index in [4.69, 9.17) is 17.5 Å². The van der Waals surface area contributed by atoms with E-state index >= 15 is 8.78 Å². The van der Waals surface area contributed by atoms with Crippen molar-refractivity contribution in [1.82, 2.24) is 17.5 Å². The van der Waals surface area contributed by atoms with E-state index < -0.39 is 0 Å². The van der Waals surface area contributed by atoms with Gasteiger partial charge in [0.25, 0.3) is 0 Å². The molecule has 6 heterocycles. The third kappa shape index (κ3) is 6.93. The largest absolute Gasteiger partial charge is 0.211 e. The van der Waals surface area contributed by atoms with Crippen LogP contribution in [0.25, 0.3) is 47.2 Å². The van der Waals surface area contributed by atoms with Gasteiger partial charge in [-0.25, -0.2) is 8.78 Å². The maximum absolute atomic E-state index is 16.8. The van der Waals surface area contributed by atoms with E-state index in [1.54, 1.807) is 51.4 Å². The van der Waals surface area contributed by atoms with Crippen LogP contribution in [0.15, 0.2) is 59.1 Å². The summed E-state index contributed by atoms with van der Waals surface area (Å²) in [4.78, 5) is 6.35. The number of hydrogen-bond donors (Lipinski definition) is 0. The molecule has 0 N–H and O–H groups in total. The lowest BCUT2D eigenvalue weighted by molar-refractivity contribution is 0.266. The molecule has 1 aromatic carbocycles. The topological polar surface area (TPSA) is 51.6 Å². The van der Waals surface area contributed by atoms with E-state index in [-0.39, 0.29) is 23.0 Å². The fraction of sp³-hybridized carbons (Fsp3) is 0.422. The van der Waals surface area contributed by atoms with E-state index in [0.717, 1.165) is 73.7 Å². The highest BCUT2D eigenvalue weighted by molar-refractivity contribution is 7.25. The Balaban J connectivity index is 1.24. The fourth-order valence-electron chi connectivity index (χ4n) is 9.46. The minimum absolute atomic E-state index is 0.110. The molecule has 2 aliphatic rings. The van der Waals surface area contributed by atoms with Gasteiger partial charge < -0.3 is 0 Å². The van der Waals surface area contributed by atoms with E-state index in [1.807, 2.05) is 23.6 Å². The summed E-state index contributed by atoms with van der Waals surface area (Å²) >= 11 is 8.96. The number of fused-ring (bicyclic) bond motifs is 5. The number of nitrogens with zero attached hydrogens (tertiary/aromatic N) is 4. The van der Waals surface area contributed by atoms with Crippen LogP contribution in [0.2, 0.25) is 0 Å². The van der Waals surface area contributed by atoms with Crippen molar-refractivity contribution in [2.75, 3.05) is 0 Å². The van der Waals surface area contributed by atoms with Gasteiger partial charge in [0.05, 0.1) is 40.3 Å². The zero-order valence-electron chi connectivity index (χ0n) is 32.7. The predicted octanol–water partition coefficient (Wildman–Crippen LogP) is 16.0. The first-order valence-corrected chi connectivity index (χ1v) is 25.3. The van der Waals surface area contributed by atoms with Gasteiger partial charge in [0.15, 0.2) is 0 Å². The zero-order valence-corrected chi connectivity index (χ0v) is 37.6. The molecule has 0 fully saturated rings. The van der Waals surface area contributed by atoms with Crippen LogP contribution in [0.3, 0.4) is 0 Å². The maximum atomic E-state index is 16.8. The van der Waals surface area contributed by atoms with Crippen molar-refractivity contribution >= 4 is 85.4 Å². The fourth-order valence-corrected chi connectivity index (χ4v) is 15.0. The number of unbranched alkanes of at least 4 members (excludes halogenated alkanes) is 2. The van der Waals surface area contributed by atoms with Crippen LogP contribution in [0.4, 0.5) is 8.78 Å². The second-order valence-electron chi connectivity index (χ2n) is 15.8. The zero-order chi connectivity index (χ0) is 39.3. The summed E-state index contributed by atoms with van der Waals surface area (Å²) in [7, 11) is 0. The molecule has 0 amide bonds. The van der Waals surface area contributed by atoms with Gasteiger partial charge in [0, 0.05) is 52.6 Å². The minimum atomic E-state index is -0.280. The van der Waals surface area contributed by atoms with Crippen LogP contribution < -0.4 is 0 Å². The first-order valence-electron chi connectivity index (χ1n) is 20.4. The Morgan fingerprint density at radius 1 is 0.737 bits per heavy atom. The second kappa shape index (κ2) is 16.6. The van der Waals surface area contributed by atoms with Gasteiger partial charge in [0.2, 0.25) is 0 Å². The number of benzene rings is 1. The van der Waals surface area contributed by atoms with E-state index in [2.05, 4.69) is 51.3 Å². The molecule has 0 saturated heterocycles. The number of halogens is 2. The summed E-state index contributed by atoms with van der Waals surface area (Å²) in [6.45, 7) is 9.26. The molecule has 0 bridgehead atoms. The maximum Gasteiger partial charge on any atom is 0.134 e. The predicted molar refractivity (Wildman–Crippen MR) is 242 cm³/mol. The molecule has 0 saturated carbocycles. The summed E-state index contributed by atoms with van der Waals surface area (Å²) in [6.07, 6.45) is 11.6. The molecule has 296 valence electrons. The number of rotatable bonds is 16. The van der Waals surface area contributed by atoms with Crippen LogP contribution in [0.5, 0.6) is 0 Å². The summed E-state index contributed by atoms with van der Waals surface area (Å²) in [5.74, 6) is 0.564. The van der Waals surface area contributed by atoms with Gasteiger partial charge in [0.1, 0.15) is 28.4 Å². The Hall–Kier alpha value is -3.00. The van der Waals surface area contributed by atoms with Crippen LogP contribution >= 0.6 is 68.8 Å². The van der Waals surface area contributed by atoms with Gasteiger partial charge in [-0.3, -0.25) is 0 Å². The molecule has 2 aliphatic carbocycles. The van der Waals surface area contributed by atoms with Gasteiger partial charge in [-0.1, -0.05) is 91.2 Å². The highest BCUT2D eigenvalue weighted by Crippen LogP contribution is 2.63. The standard InChI is InChI=1S/C45H46F2N4S6/c1-5-9-13-25(7-3)23-45(24-26(8-4)14-10-6-2)29-21-35(37-31(46)19-27(33-15-11-17-52-33)39-41(37)50-56-48-39)54-43(29)44-30(45)22-36(55-44)38-32(47)20-28(34-16-12-18-53-34)40-42(38)51-57-49-40/h11-12,15-19,21-22,25-26,28H,5-10,13-14,20,23-24H2,1-4H3. The van der Waals surface area contributed by atoms with Gasteiger partial charge in [-0.05, 0) is 76.9 Å². The average molecular weight is 873 g/mol. The van der Waals surface area contributed by atoms with Crippen LogP contribution in [0.1, 0.15) is 137 Å². The highest BCUT2D eigenvalue weighted by atomic mass is 32.1. The average Bonchev–Trinajstić information content (AvgIpc) is 4.07. The SMILES string of the molecule is CCCCC(CC)CC1(CC(CC)CCCC)c2cc(C3=C(F)CC(c4cccs4)c4nsnc43)sc2-c2sc(-c3c(F)cc(-c4cccs4)c4nsnc34)cc21. The molecule has 4 nitrogen and oxygen atoms in total. The lowest BCUT2D eigenvalue weighted by atomic mass is 9.65. The third-order valence-corrected chi connectivity index (χ3v) is 17.9. The summed E-state index contributed by atoms with van der Waals surface area (Å²) < 4.78 is 52.5. The van der Waals surface area contributed by atoms with Gasteiger partial charge >= 0.3 is 0 Å². The molecular weight excluding hydrogens is 827 g/mol. The smallest absolute Gasteiger partial charge is 0.134 e. The Morgan fingerprint density at radius 3 is 2.04 bits per heavy atom. The lowest BCUT2D eigenvalue weighted by Gasteiger charge is -2.38. The Morgan fingerprint density at radius 2 is 1.39 bits per heavy atom. The van der Waals surface area contributed by atoms with Crippen molar-refractivity contribution in [3.63, 3.8) is 0 Å². The molecule has 7 aromatic rings. The van der Waals surface area contributed by atoms with Gasteiger partial charge in [-0.2, -0.15) is 17.5 Å². The molecule has 0 radical (unpaired) electrons. The van der Waals surface area contributed by atoms with Crippen LogP contribution in [-0.2, 0) is 5.41 Å². The minimum Gasteiger partial charge on any atom is -0.211 e. The molecule has 12 heteroatoms. The molecule has 3 unspecified atom stereocenters. The molecule has 3 atom stereocenters. The molecule has 6 aromatic heterocycles.